The van der Waals surface area contributed by atoms with E-state index in [1.165, 1.54) is 12.3 Å². The maximum absolute atomic E-state index is 11.2. The topological polar surface area (TPSA) is 68.0 Å². The fourth-order valence-corrected chi connectivity index (χ4v) is 2.77. The normalized spacial score (nSPS) is 10.8. The van der Waals surface area contributed by atoms with Crippen molar-refractivity contribution in [2.24, 2.45) is 0 Å². The van der Waals surface area contributed by atoms with Crippen molar-refractivity contribution in [3.05, 3.63) is 78.6 Å². The van der Waals surface area contributed by atoms with Crippen molar-refractivity contribution in [3.8, 4) is 17.2 Å². The minimum Gasteiger partial charge on any atom is -0.477 e. The van der Waals surface area contributed by atoms with E-state index in [1.54, 1.807) is 0 Å². The molecule has 0 fully saturated rings. The van der Waals surface area contributed by atoms with Gasteiger partial charge in [-0.1, -0.05) is 48.5 Å². The Balaban J connectivity index is 2.03. The quantitative estimate of drug-likeness (QED) is 0.624. The number of carbonyl (C=O) groups is 1. The average molecular weight is 315 g/mol. The summed E-state index contributed by atoms with van der Waals surface area (Å²) in [5.41, 5.74) is 2.83. The van der Waals surface area contributed by atoms with Crippen molar-refractivity contribution in [2.75, 3.05) is 0 Å². The van der Waals surface area contributed by atoms with E-state index in [0.29, 0.717) is 5.95 Å². The molecule has 24 heavy (non-hydrogen) atoms. The average Bonchev–Trinajstić information content (AvgIpc) is 3.02. The Hall–Kier alpha value is -3.47. The SMILES string of the molecule is O=C(O)c1ccnc(-n2c(-c3ccccc3)cc3ccccc32)n1. The third-order valence-electron chi connectivity index (χ3n) is 3.84. The largest absolute Gasteiger partial charge is 0.477 e. The highest BCUT2D eigenvalue weighted by molar-refractivity contribution is 5.89. The monoisotopic (exact) mass is 315 g/mol. The molecule has 0 aliphatic rings. The lowest BCUT2D eigenvalue weighted by atomic mass is 10.1. The number of hydrogen-bond acceptors (Lipinski definition) is 3. The first-order chi connectivity index (χ1) is 11.7. The summed E-state index contributed by atoms with van der Waals surface area (Å²) >= 11 is 0. The Morgan fingerprint density at radius 1 is 0.958 bits per heavy atom. The van der Waals surface area contributed by atoms with Gasteiger partial charge in [0.1, 0.15) is 0 Å². The Morgan fingerprint density at radius 2 is 1.71 bits per heavy atom. The molecule has 116 valence electrons. The first kappa shape index (κ1) is 14.1. The molecule has 0 amide bonds. The van der Waals surface area contributed by atoms with Gasteiger partial charge in [-0.05, 0) is 23.8 Å². The summed E-state index contributed by atoms with van der Waals surface area (Å²) in [7, 11) is 0. The number of benzene rings is 2. The highest BCUT2D eigenvalue weighted by Crippen LogP contribution is 2.30. The van der Waals surface area contributed by atoms with Gasteiger partial charge in [0.2, 0.25) is 5.95 Å². The van der Waals surface area contributed by atoms with Crippen molar-refractivity contribution >= 4 is 16.9 Å². The molecule has 0 unspecified atom stereocenters. The molecule has 4 rings (SSSR count). The molecule has 2 heterocycles. The minimum atomic E-state index is -1.07. The summed E-state index contributed by atoms with van der Waals surface area (Å²) in [6.07, 6.45) is 1.47. The van der Waals surface area contributed by atoms with Crippen LogP contribution in [0.3, 0.4) is 0 Å². The Morgan fingerprint density at radius 3 is 2.50 bits per heavy atom. The van der Waals surface area contributed by atoms with Gasteiger partial charge in [-0.3, -0.25) is 4.57 Å². The molecule has 0 saturated carbocycles. The lowest BCUT2D eigenvalue weighted by Gasteiger charge is -2.09. The van der Waals surface area contributed by atoms with Gasteiger partial charge in [0.25, 0.3) is 0 Å². The lowest BCUT2D eigenvalue weighted by molar-refractivity contribution is 0.0690. The smallest absolute Gasteiger partial charge is 0.354 e. The van der Waals surface area contributed by atoms with Gasteiger partial charge in [-0.15, -0.1) is 0 Å². The van der Waals surface area contributed by atoms with Crippen LogP contribution in [0.25, 0.3) is 28.1 Å². The number of carboxylic acid groups (broad SMARTS) is 1. The van der Waals surface area contributed by atoms with Crippen molar-refractivity contribution in [1.82, 2.24) is 14.5 Å². The molecule has 0 saturated heterocycles. The number of hydrogen-bond donors (Lipinski definition) is 1. The van der Waals surface area contributed by atoms with Crippen LogP contribution in [0.1, 0.15) is 10.5 Å². The van der Waals surface area contributed by atoms with E-state index in [9.17, 15) is 9.90 Å². The fraction of sp³-hybridized carbons (Fsp3) is 0. The number of nitrogens with zero attached hydrogens (tertiary/aromatic N) is 3. The molecule has 2 aromatic heterocycles. The second-order valence-electron chi connectivity index (χ2n) is 5.34. The second kappa shape index (κ2) is 5.62. The van der Waals surface area contributed by atoms with Crippen molar-refractivity contribution in [3.63, 3.8) is 0 Å². The van der Waals surface area contributed by atoms with Gasteiger partial charge >= 0.3 is 5.97 Å². The highest BCUT2D eigenvalue weighted by atomic mass is 16.4. The second-order valence-corrected chi connectivity index (χ2v) is 5.34. The number of aromatic carboxylic acids is 1. The van der Waals surface area contributed by atoms with Gasteiger partial charge < -0.3 is 5.11 Å². The zero-order valence-electron chi connectivity index (χ0n) is 12.6. The standard InChI is InChI=1S/C19H13N3O2/c23-18(24)15-10-11-20-19(21-15)22-16-9-5-4-8-14(16)12-17(22)13-6-2-1-3-7-13/h1-12H,(H,23,24). The molecular weight excluding hydrogens is 302 g/mol. The van der Waals surface area contributed by atoms with E-state index in [0.717, 1.165) is 22.2 Å². The van der Waals surface area contributed by atoms with Gasteiger partial charge in [-0.2, -0.15) is 0 Å². The molecule has 4 aromatic rings. The molecule has 0 aliphatic heterocycles. The van der Waals surface area contributed by atoms with E-state index < -0.39 is 5.97 Å². The molecule has 0 bridgehead atoms. The van der Waals surface area contributed by atoms with Crippen LogP contribution in [-0.4, -0.2) is 25.6 Å². The summed E-state index contributed by atoms with van der Waals surface area (Å²) in [5.74, 6) is -0.730. The van der Waals surface area contributed by atoms with Crippen LogP contribution in [0, 0.1) is 0 Å². The fourth-order valence-electron chi connectivity index (χ4n) is 2.77. The Bertz CT molecular complexity index is 1040. The molecule has 0 aliphatic carbocycles. The Kier molecular flexibility index (Phi) is 3.31. The molecule has 0 spiro atoms. The van der Waals surface area contributed by atoms with E-state index in [1.807, 2.05) is 59.2 Å². The van der Waals surface area contributed by atoms with Crippen LogP contribution in [0.4, 0.5) is 0 Å². The molecule has 2 aromatic carbocycles. The van der Waals surface area contributed by atoms with Crippen LogP contribution in [0.2, 0.25) is 0 Å². The number of fused-ring (bicyclic) bond motifs is 1. The van der Waals surface area contributed by atoms with E-state index in [2.05, 4.69) is 16.0 Å². The molecule has 1 N–H and O–H groups in total. The van der Waals surface area contributed by atoms with Crippen LogP contribution < -0.4 is 0 Å². The molecule has 0 radical (unpaired) electrons. The number of rotatable bonds is 3. The Labute approximate surface area is 137 Å². The molecule has 5 heteroatoms. The van der Waals surface area contributed by atoms with Gasteiger partial charge in [-0.25, -0.2) is 14.8 Å². The van der Waals surface area contributed by atoms with Gasteiger partial charge in [0.15, 0.2) is 5.69 Å². The van der Waals surface area contributed by atoms with Crippen molar-refractivity contribution < 1.29 is 9.90 Å². The maximum Gasteiger partial charge on any atom is 0.354 e. The van der Waals surface area contributed by atoms with Crippen LogP contribution >= 0.6 is 0 Å². The minimum absolute atomic E-state index is 0.0307. The number of carboxylic acids is 1. The first-order valence-electron chi connectivity index (χ1n) is 7.46. The summed E-state index contributed by atoms with van der Waals surface area (Å²) in [6, 6.07) is 21.2. The van der Waals surface area contributed by atoms with Crippen molar-refractivity contribution in [1.29, 1.82) is 0 Å². The van der Waals surface area contributed by atoms with Crippen molar-refractivity contribution in [2.45, 2.75) is 0 Å². The predicted molar refractivity (Wildman–Crippen MR) is 91.3 cm³/mol. The summed E-state index contributed by atoms with van der Waals surface area (Å²) in [6.45, 7) is 0. The van der Waals surface area contributed by atoms with Gasteiger partial charge in [0, 0.05) is 11.6 Å². The lowest BCUT2D eigenvalue weighted by Crippen LogP contribution is -2.07. The van der Waals surface area contributed by atoms with Crippen LogP contribution in [-0.2, 0) is 0 Å². The summed E-state index contributed by atoms with van der Waals surface area (Å²) in [4.78, 5) is 19.7. The van der Waals surface area contributed by atoms with E-state index in [4.69, 9.17) is 0 Å². The maximum atomic E-state index is 11.2. The van der Waals surface area contributed by atoms with E-state index in [-0.39, 0.29) is 5.69 Å². The van der Waals surface area contributed by atoms with Gasteiger partial charge in [0.05, 0.1) is 11.2 Å². The number of para-hydroxylation sites is 1. The predicted octanol–water partition coefficient (Wildman–Crippen LogP) is 3.79. The van der Waals surface area contributed by atoms with E-state index >= 15 is 0 Å². The highest BCUT2D eigenvalue weighted by Gasteiger charge is 2.15. The number of aromatic nitrogens is 3. The molecule has 5 nitrogen and oxygen atoms in total. The first-order valence-corrected chi connectivity index (χ1v) is 7.46. The molecule has 0 atom stereocenters. The third-order valence-corrected chi connectivity index (χ3v) is 3.84. The summed E-state index contributed by atoms with van der Waals surface area (Å²) in [5, 5.41) is 10.2. The zero-order valence-corrected chi connectivity index (χ0v) is 12.6. The van der Waals surface area contributed by atoms with Crippen LogP contribution in [0.5, 0.6) is 0 Å². The van der Waals surface area contributed by atoms with Crippen LogP contribution in [0.15, 0.2) is 72.9 Å². The zero-order chi connectivity index (χ0) is 16.5. The third kappa shape index (κ3) is 2.32. The summed E-state index contributed by atoms with van der Waals surface area (Å²) < 4.78 is 1.89. The molecular formula is C19H13N3O2.